The van der Waals surface area contributed by atoms with Gasteiger partial charge in [-0.3, -0.25) is 15.5 Å². The van der Waals surface area contributed by atoms with E-state index in [2.05, 4.69) is 15.0 Å². The summed E-state index contributed by atoms with van der Waals surface area (Å²) in [5.74, 6) is 0.645. The summed E-state index contributed by atoms with van der Waals surface area (Å²) in [6, 6.07) is 3.46. The van der Waals surface area contributed by atoms with Crippen molar-refractivity contribution >= 4 is 28.7 Å². The van der Waals surface area contributed by atoms with E-state index in [1.54, 1.807) is 12.1 Å². The van der Waals surface area contributed by atoms with Gasteiger partial charge in [0.15, 0.2) is 0 Å². The van der Waals surface area contributed by atoms with E-state index >= 15 is 0 Å². The van der Waals surface area contributed by atoms with Crippen molar-refractivity contribution in [2.45, 2.75) is 18.6 Å². The number of rotatable bonds is 2. The second kappa shape index (κ2) is 6.42. The number of hydrogen-bond acceptors (Lipinski definition) is 6. The van der Waals surface area contributed by atoms with Crippen LogP contribution in [-0.4, -0.2) is 35.6 Å². The summed E-state index contributed by atoms with van der Waals surface area (Å²) in [6.45, 7) is 0.235. The SMILES string of the molecule is NNC(=O)c1cccc2[nH]c3c(c12)CCNC3C(=O)OC(=O)C(F)(F)F. The zero-order chi connectivity index (χ0) is 19.1. The predicted octanol–water partition coefficient (Wildman–Crippen LogP) is 0.590. The average Bonchev–Trinajstić information content (AvgIpc) is 2.98. The molecule has 1 aliphatic rings. The van der Waals surface area contributed by atoms with Crippen LogP contribution in [0.4, 0.5) is 13.2 Å². The Bertz CT molecular complexity index is 906. The summed E-state index contributed by atoms with van der Waals surface area (Å²) in [7, 11) is 0. The lowest BCUT2D eigenvalue weighted by molar-refractivity contribution is -0.202. The molecule has 0 bridgehead atoms. The number of fused-ring (bicyclic) bond motifs is 3. The second-order valence-corrected chi connectivity index (χ2v) is 5.56. The van der Waals surface area contributed by atoms with Crippen molar-refractivity contribution in [2.75, 3.05) is 6.54 Å². The zero-order valence-electron chi connectivity index (χ0n) is 13.1. The molecule has 0 fully saturated rings. The molecule has 138 valence electrons. The second-order valence-electron chi connectivity index (χ2n) is 5.56. The first-order chi connectivity index (χ1) is 12.2. The summed E-state index contributed by atoms with van der Waals surface area (Å²) in [4.78, 5) is 37.8. The summed E-state index contributed by atoms with van der Waals surface area (Å²) < 4.78 is 40.8. The van der Waals surface area contributed by atoms with Crippen LogP contribution in [-0.2, 0) is 20.7 Å². The number of hydrogen-bond donors (Lipinski definition) is 4. The molecular weight excluding hydrogens is 357 g/mol. The van der Waals surface area contributed by atoms with Crippen LogP contribution < -0.4 is 16.6 Å². The van der Waals surface area contributed by atoms with E-state index in [0.717, 1.165) is 0 Å². The van der Waals surface area contributed by atoms with Crippen LogP contribution in [0.25, 0.3) is 10.9 Å². The number of alkyl halides is 3. The Morgan fingerprint density at radius 1 is 1.27 bits per heavy atom. The number of esters is 2. The number of nitrogens with one attached hydrogen (secondary N) is 3. The Morgan fingerprint density at radius 2 is 2.00 bits per heavy atom. The van der Waals surface area contributed by atoms with Gasteiger partial charge in [-0.1, -0.05) is 6.07 Å². The number of amides is 1. The third-order valence-corrected chi connectivity index (χ3v) is 4.01. The summed E-state index contributed by atoms with van der Waals surface area (Å²) in [5, 5.41) is 3.21. The highest BCUT2D eigenvalue weighted by Crippen LogP contribution is 2.33. The standard InChI is InChI=1S/C15H13F3N4O4/c16-15(17,18)14(25)26-13(24)11-10-6(4-5-20-11)9-7(12(23)22-19)2-1-3-8(9)21-10/h1-3,11,20-21H,4-5,19H2,(H,22,23). The Morgan fingerprint density at radius 3 is 2.65 bits per heavy atom. The molecule has 0 saturated carbocycles. The molecule has 26 heavy (non-hydrogen) atoms. The third kappa shape index (κ3) is 3.02. The molecule has 0 aliphatic carbocycles. The molecule has 5 N–H and O–H groups in total. The molecule has 11 heteroatoms. The molecule has 2 aromatic rings. The van der Waals surface area contributed by atoms with Gasteiger partial charge < -0.3 is 9.72 Å². The van der Waals surface area contributed by atoms with Crippen LogP contribution in [0.5, 0.6) is 0 Å². The molecular formula is C15H13F3N4O4. The molecule has 1 unspecified atom stereocenters. The molecule has 0 radical (unpaired) electrons. The molecule has 0 spiro atoms. The maximum absolute atomic E-state index is 12.3. The number of aromatic nitrogens is 1. The number of ether oxygens (including phenoxy) is 1. The van der Waals surface area contributed by atoms with Crippen LogP contribution in [0.3, 0.4) is 0 Å². The van der Waals surface area contributed by atoms with Gasteiger partial charge in [0.2, 0.25) is 0 Å². The summed E-state index contributed by atoms with van der Waals surface area (Å²) >= 11 is 0. The van der Waals surface area contributed by atoms with Gasteiger partial charge in [-0.15, -0.1) is 0 Å². The van der Waals surface area contributed by atoms with Crippen LogP contribution in [0.1, 0.15) is 27.7 Å². The van der Waals surface area contributed by atoms with Crippen molar-refractivity contribution in [3.63, 3.8) is 0 Å². The lowest BCUT2D eigenvalue weighted by Gasteiger charge is -2.22. The van der Waals surface area contributed by atoms with Crippen LogP contribution >= 0.6 is 0 Å². The highest BCUT2D eigenvalue weighted by Gasteiger charge is 2.44. The minimum absolute atomic E-state index is 0.235. The van der Waals surface area contributed by atoms with Gasteiger partial charge in [-0.2, -0.15) is 13.2 Å². The maximum atomic E-state index is 12.3. The van der Waals surface area contributed by atoms with Gasteiger partial charge in [0.05, 0.1) is 5.56 Å². The Labute approximate surface area is 143 Å². The molecule has 0 saturated heterocycles. The lowest BCUT2D eigenvalue weighted by atomic mass is 9.96. The first kappa shape index (κ1) is 17.9. The summed E-state index contributed by atoms with van der Waals surface area (Å²) in [5.41, 5.74) is 3.58. The molecule has 3 rings (SSSR count). The Balaban J connectivity index is 2.02. The first-order valence-electron chi connectivity index (χ1n) is 7.44. The number of benzene rings is 1. The molecule has 2 heterocycles. The number of hydrazine groups is 1. The number of nitrogens with two attached hydrogens (primary N) is 1. The van der Waals surface area contributed by atoms with Gasteiger partial charge in [-0.05, 0) is 24.1 Å². The smallest absolute Gasteiger partial charge is 0.385 e. The molecule has 1 aliphatic heterocycles. The van der Waals surface area contributed by atoms with Crippen LogP contribution in [0.2, 0.25) is 0 Å². The number of carbonyl (C=O) groups is 3. The summed E-state index contributed by atoms with van der Waals surface area (Å²) in [6.07, 6.45) is -4.87. The molecule has 1 amide bonds. The minimum atomic E-state index is -5.28. The van der Waals surface area contributed by atoms with E-state index in [9.17, 15) is 27.6 Å². The van der Waals surface area contributed by atoms with Gasteiger partial charge >= 0.3 is 18.1 Å². The number of halogens is 3. The van der Waals surface area contributed by atoms with E-state index in [1.807, 2.05) is 5.43 Å². The highest BCUT2D eigenvalue weighted by molar-refractivity contribution is 6.08. The first-order valence-corrected chi connectivity index (χ1v) is 7.44. The van der Waals surface area contributed by atoms with Gasteiger partial charge in [0.1, 0.15) is 6.04 Å². The minimum Gasteiger partial charge on any atom is -0.385 e. The van der Waals surface area contributed by atoms with E-state index in [-0.39, 0.29) is 17.8 Å². The predicted molar refractivity (Wildman–Crippen MR) is 81.6 cm³/mol. The Kier molecular flexibility index (Phi) is 4.42. The van der Waals surface area contributed by atoms with E-state index in [0.29, 0.717) is 22.9 Å². The fourth-order valence-corrected chi connectivity index (χ4v) is 2.96. The van der Waals surface area contributed by atoms with E-state index < -0.39 is 30.1 Å². The van der Waals surface area contributed by atoms with E-state index in [4.69, 9.17) is 5.84 Å². The number of H-pyrrole nitrogens is 1. The third-order valence-electron chi connectivity index (χ3n) is 4.01. The zero-order valence-corrected chi connectivity index (χ0v) is 13.1. The number of aromatic amines is 1. The van der Waals surface area contributed by atoms with Crippen molar-refractivity contribution in [1.29, 1.82) is 0 Å². The van der Waals surface area contributed by atoms with Crippen molar-refractivity contribution in [2.24, 2.45) is 5.84 Å². The quantitative estimate of drug-likeness (QED) is 0.202. The van der Waals surface area contributed by atoms with Crippen LogP contribution in [0.15, 0.2) is 18.2 Å². The number of nitrogen functional groups attached to an aromatic ring is 1. The average molecular weight is 370 g/mol. The highest BCUT2D eigenvalue weighted by atomic mass is 19.4. The Hall–Kier alpha value is -2.92. The molecule has 1 aromatic heterocycles. The largest absolute Gasteiger partial charge is 0.491 e. The van der Waals surface area contributed by atoms with Gasteiger partial charge in [0.25, 0.3) is 5.91 Å². The lowest BCUT2D eigenvalue weighted by Crippen LogP contribution is -2.39. The van der Waals surface area contributed by atoms with Gasteiger partial charge in [0, 0.05) is 23.1 Å². The van der Waals surface area contributed by atoms with Gasteiger partial charge in [-0.25, -0.2) is 15.4 Å². The fraction of sp³-hybridized carbons (Fsp3) is 0.267. The van der Waals surface area contributed by atoms with E-state index in [1.165, 1.54) is 6.07 Å². The monoisotopic (exact) mass is 370 g/mol. The molecule has 1 aromatic carbocycles. The van der Waals surface area contributed by atoms with Crippen molar-refractivity contribution in [3.8, 4) is 0 Å². The van der Waals surface area contributed by atoms with Crippen molar-refractivity contribution in [1.82, 2.24) is 15.7 Å². The molecule has 1 atom stereocenters. The molecule has 8 nitrogen and oxygen atoms in total. The number of carbonyl (C=O) groups excluding carboxylic acids is 3. The fourth-order valence-electron chi connectivity index (χ4n) is 2.96. The normalized spacial score (nSPS) is 16.8. The van der Waals surface area contributed by atoms with Crippen molar-refractivity contribution < 1.29 is 32.3 Å². The van der Waals surface area contributed by atoms with Crippen molar-refractivity contribution in [3.05, 3.63) is 35.0 Å². The maximum Gasteiger partial charge on any atom is 0.491 e. The topological polar surface area (TPSA) is 126 Å². The van der Waals surface area contributed by atoms with Crippen LogP contribution in [0, 0.1) is 0 Å².